The van der Waals surface area contributed by atoms with Crippen LogP contribution in [0.3, 0.4) is 0 Å². The molecule has 1 aromatic rings. The number of carbonyl (C=O) groups excluding carboxylic acids is 1. The van der Waals surface area contributed by atoms with Gasteiger partial charge in [-0.3, -0.25) is 9.48 Å². The SMILES string of the molecule is CN(C)CCn1ncc(Cl)c1C(=O)C1(C)CCCCN1. The van der Waals surface area contributed by atoms with Crippen LogP contribution >= 0.6 is 11.6 Å². The summed E-state index contributed by atoms with van der Waals surface area (Å²) >= 11 is 6.19. The number of piperidine rings is 1. The van der Waals surface area contributed by atoms with Crippen molar-refractivity contribution in [3.05, 3.63) is 16.9 Å². The molecule has 1 aliphatic heterocycles. The Hall–Kier alpha value is -0.910. The summed E-state index contributed by atoms with van der Waals surface area (Å²) in [6.45, 7) is 4.33. The van der Waals surface area contributed by atoms with Gasteiger partial charge in [0.15, 0.2) is 0 Å². The van der Waals surface area contributed by atoms with Crippen LogP contribution in [0.25, 0.3) is 0 Å². The number of ketones is 1. The van der Waals surface area contributed by atoms with Crippen LogP contribution < -0.4 is 5.32 Å². The van der Waals surface area contributed by atoms with E-state index >= 15 is 0 Å². The second kappa shape index (κ2) is 6.24. The number of nitrogens with zero attached hydrogens (tertiary/aromatic N) is 3. The van der Waals surface area contributed by atoms with Crippen LogP contribution in [0.15, 0.2) is 6.20 Å². The summed E-state index contributed by atoms with van der Waals surface area (Å²) in [6, 6.07) is 0. The first-order chi connectivity index (χ1) is 9.44. The topological polar surface area (TPSA) is 50.2 Å². The number of aromatic nitrogens is 2. The second-order valence-corrected chi connectivity index (χ2v) is 6.32. The Bertz CT molecular complexity index is 478. The molecule has 1 unspecified atom stereocenters. The molecule has 5 nitrogen and oxygen atoms in total. The van der Waals surface area contributed by atoms with Crippen molar-refractivity contribution in [3.8, 4) is 0 Å². The Kier molecular flexibility index (Phi) is 4.83. The van der Waals surface area contributed by atoms with E-state index in [1.165, 1.54) is 0 Å². The van der Waals surface area contributed by atoms with Gasteiger partial charge in [0.2, 0.25) is 5.78 Å². The maximum atomic E-state index is 12.8. The molecule has 2 rings (SSSR count). The Balaban J connectivity index is 2.22. The molecule has 6 heteroatoms. The van der Waals surface area contributed by atoms with E-state index in [1.807, 2.05) is 21.0 Å². The highest BCUT2D eigenvalue weighted by Gasteiger charge is 2.37. The Labute approximate surface area is 125 Å². The first-order valence-corrected chi connectivity index (χ1v) is 7.48. The van der Waals surface area contributed by atoms with Crippen LogP contribution in [0.2, 0.25) is 5.02 Å². The van der Waals surface area contributed by atoms with E-state index in [0.717, 1.165) is 32.4 Å². The number of rotatable bonds is 5. The Morgan fingerprint density at radius 2 is 2.30 bits per heavy atom. The van der Waals surface area contributed by atoms with Gasteiger partial charge in [0.25, 0.3) is 0 Å². The molecule has 20 heavy (non-hydrogen) atoms. The van der Waals surface area contributed by atoms with Crippen molar-refractivity contribution in [2.45, 2.75) is 38.3 Å². The van der Waals surface area contributed by atoms with Crippen LogP contribution in [0.5, 0.6) is 0 Å². The van der Waals surface area contributed by atoms with Crippen LogP contribution in [-0.4, -0.2) is 53.2 Å². The standard InChI is InChI=1S/C14H23ClN4O/c1-14(6-4-5-7-16-14)13(20)12-11(15)10-17-19(12)9-8-18(2)3/h10,16H,4-9H2,1-3H3. The van der Waals surface area contributed by atoms with E-state index in [2.05, 4.69) is 15.3 Å². The highest BCUT2D eigenvalue weighted by molar-refractivity contribution is 6.34. The Morgan fingerprint density at radius 3 is 2.90 bits per heavy atom. The molecule has 0 aromatic carbocycles. The first-order valence-electron chi connectivity index (χ1n) is 7.10. The summed E-state index contributed by atoms with van der Waals surface area (Å²) < 4.78 is 1.73. The van der Waals surface area contributed by atoms with Crippen molar-refractivity contribution in [1.82, 2.24) is 20.0 Å². The van der Waals surface area contributed by atoms with Crippen molar-refractivity contribution in [2.75, 3.05) is 27.2 Å². The highest BCUT2D eigenvalue weighted by Crippen LogP contribution is 2.27. The summed E-state index contributed by atoms with van der Waals surface area (Å²) in [6.07, 6.45) is 4.60. The fraction of sp³-hybridized carbons (Fsp3) is 0.714. The molecule has 0 amide bonds. The lowest BCUT2D eigenvalue weighted by molar-refractivity contribution is 0.0822. The lowest BCUT2D eigenvalue weighted by Gasteiger charge is -2.33. The maximum Gasteiger partial charge on any atom is 0.202 e. The highest BCUT2D eigenvalue weighted by atomic mass is 35.5. The van der Waals surface area contributed by atoms with E-state index in [-0.39, 0.29) is 5.78 Å². The number of hydrogen-bond donors (Lipinski definition) is 1. The predicted octanol–water partition coefficient (Wildman–Crippen LogP) is 1.81. The van der Waals surface area contributed by atoms with Gasteiger partial charge in [-0.25, -0.2) is 0 Å². The fourth-order valence-corrected chi connectivity index (χ4v) is 2.79. The van der Waals surface area contributed by atoms with Crippen molar-refractivity contribution >= 4 is 17.4 Å². The lowest BCUT2D eigenvalue weighted by Crippen LogP contribution is -2.52. The van der Waals surface area contributed by atoms with Gasteiger partial charge in [-0.05, 0) is 46.8 Å². The minimum absolute atomic E-state index is 0.0541. The van der Waals surface area contributed by atoms with Crippen LogP contribution in [-0.2, 0) is 6.54 Å². The number of nitrogens with one attached hydrogen (secondary N) is 1. The zero-order valence-corrected chi connectivity index (χ0v) is 13.2. The summed E-state index contributed by atoms with van der Waals surface area (Å²) in [5.74, 6) is 0.0541. The molecular formula is C14H23ClN4O. The average molecular weight is 299 g/mol. The van der Waals surface area contributed by atoms with Gasteiger partial charge in [0.05, 0.1) is 23.3 Å². The first kappa shape index (κ1) is 15.5. The molecular weight excluding hydrogens is 276 g/mol. The van der Waals surface area contributed by atoms with Gasteiger partial charge < -0.3 is 10.2 Å². The molecule has 1 aromatic heterocycles. The third-order valence-electron chi connectivity index (χ3n) is 3.89. The molecule has 0 radical (unpaired) electrons. The van der Waals surface area contributed by atoms with Gasteiger partial charge in [0, 0.05) is 6.54 Å². The Morgan fingerprint density at radius 1 is 1.55 bits per heavy atom. The van der Waals surface area contributed by atoms with E-state index in [9.17, 15) is 4.79 Å². The van der Waals surface area contributed by atoms with Crippen molar-refractivity contribution in [2.24, 2.45) is 0 Å². The van der Waals surface area contributed by atoms with E-state index in [1.54, 1.807) is 10.9 Å². The van der Waals surface area contributed by atoms with E-state index < -0.39 is 5.54 Å². The largest absolute Gasteiger partial charge is 0.308 e. The van der Waals surface area contributed by atoms with Crippen LogP contribution in [0.1, 0.15) is 36.7 Å². The van der Waals surface area contributed by atoms with Crippen LogP contribution in [0.4, 0.5) is 0 Å². The van der Waals surface area contributed by atoms with E-state index in [4.69, 9.17) is 11.6 Å². The number of Topliss-reactive ketones (excluding diaryl/α,β-unsaturated/α-hetero) is 1. The van der Waals surface area contributed by atoms with Gasteiger partial charge in [0.1, 0.15) is 5.69 Å². The maximum absolute atomic E-state index is 12.8. The minimum Gasteiger partial charge on any atom is -0.308 e. The average Bonchev–Trinajstić information content (AvgIpc) is 2.77. The number of halogens is 1. The molecule has 0 saturated carbocycles. The number of hydrogen-bond acceptors (Lipinski definition) is 4. The zero-order chi connectivity index (χ0) is 14.8. The molecule has 1 fully saturated rings. The zero-order valence-electron chi connectivity index (χ0n) is 12.4. The summed E-state index contributed by atoms with van der Waals surface area (Å²) in [4.78, 5) is 14.9. The molecule has 2 heterocycles. The van der Waals surface area contributed by atoms with Crippen LogP contribution in [0, 0.1) is 0 Å². The molecule has 1 N–H and O–H groups in total. The molecule has 0 aliphatic carbocycles. The van der Waals surface area contributed by atoms with Gasteiger partial charge in [-0.2, -0.15) is 5.10 Å². The number of likely N-dealkylation sites (N-methyl/N-ethyl adjacent to an activating group) is 1. The van der Waals surface area contributed by atoms with Gasteiger partial charge in [-0.15, -0.1) is 0 Å². The molecule has 0 bridgehead atoms. The monoisotopic (exact) mass is 298 g/mol. The third-order valence-corrected chi connectivity index (χ3v) is 4.17. The lowest BCUT2D eigenvalue weighted by atomic mass is 9.85. The fourth-order valence-electron chi connectivity index (χ4n) is 2.56. The predicted molar refractivity (Wildman–Crippen MR) is 80.4 cm³/mol. The van der Waals surface area contributed by atoms with E-state index in [0.29, 0.717) is 17.3 Å². The molecule has 1 saturated heterocycles. The molecule has 1 aliphatic rings. The van der Waals surface area contributed by atoms with Crippen molar-refractivity contribution in [3.63, 3.8) is 0 Å². The summed E-state index contributed by atoms with van der Waals surface area (Å²) in [7, 11) is 3.99. The summed E-state index contributed by atoms with van der Waals surface area (Å²) in [5.41, 5.74) is 0.0167. The normalized spacial score (nSPS) is 23.2. The minimum atomic E-state index is -0.516. The van der Waals surface area contributed by atoms with Gasteiger partial charge >= 0.3 is 0 Å². The molecule has 112 valence electrons. The van der Waals surface area contributed by atoms with Crippen molar-refractivity contribution < 1.29 is 4.79 Å². The molecule has 0 spiro atoms. The summed E-state index contributed by atoms with van der Waals surface area (Å²) in [5, 5.41) is 8.03. The quantitative estimate of drug-likeness (QED) is 0.843. The van der Waals surface area contributed by atoms with Crippen molar-refractivity contribution in [1.29, 1.82) is 0 Å². The smallest absolute Gasteiger partial charge is 0.202 e. The molecule has 1 atom stereocenters. The van der Waals surface area contributed by atoms with Gasteiger partial charge in [-0.1, -0.05) is 11.6 Å². The number of carbonyl (C=O) groups is 1. The third kappa shape index (κ3) is 3.22. The second-order valence-electron chi connectivity index (χ2n) is 5.91.